The van der Waals surface area contributed by atoms with Crippen molar-refractivity contribution in [2.45, 2.75) is 6.42 Å². The van der Waals surface area contributed by atoms with Gasteiger partial charge in [0.15, 0.2) is 23.2 Å². The third-order valence-electron chi connectivity index (χ3n) is 2.68. The highest BCUT2D eigenvalue weighted by Gasteiger charge is 2.19. The van der Waals surface area contributed by atoms with Crippen molar-refractivity contribution in [2.24, 2.45) is 0 Å². The first kappa shape index (κ1) is 14.7. The molecule has 0 amide bonds. The first-order chi connectivity index (χ1) is 9.40. The maximum atomic E-state index is 13.5. The Kier molecular flexibility index (Phi) is 4.23. The molecule has 2 aromatic carbocycles. The Morgan fingerprint density at radius 1 is 0.950 bits per heavy atom. The standard InChI is InChI=1S/C14H7BrF4O/c15-9-5-7(1-3-10(9)16)6-12(20)8-2-4-11(17)14(19)13(8)18/h1-5H,6H2. The molecule has 0 heterocycles. The smallest absolute Gasteiger partial charge is 0.195 e. The summed E-state index contributed by atoms with van der Waals surface area (Å²) in [5, 5.41) is 0. The number of carbonyl (C=O) groups is 1. The fourth-order valence-corrected chi connectivity index (χ4v) is 2.10. The maximum Gasteiger partial charge on any atom is 0.195 e. The van der Waals surface area contributed by atoms with E-state index in [9.17, 15) is 22.4 Å². The predicted molar refractivity (Wildman–Crippen MR) is 68.5 cm³/mol. The summed E-state index contributed by atoms with van der Waals surface area (Å²) in [5.74, 6) is -5.78. The molecule has 0 bridgehead atoms. The molecule has 0 aromatic heterocycles. The Morgan fingerprint density at radius 3 is 2.25 bits per heavy atom. The maximum absolute atomic E-state index is 13.5. The molecule has 0 spiro atoms. The van der Waals surface area contributed by atoms with Crippen LogP contribution in [0.15, 0.2) is 34.8 Å². The summed E-state index contributed by atoms with van der Waals surface area (Å²) in [5.41, 5.74) is -0.114. The van der Waals surface area contributed by atoms with E-state index in [0.29, 0.717) is 11.6 Å². The molecule has 0 saturated carbocycles. The second-order valence-corrected chi connectivity index (χ2v) is 4.93. The molecule has 0 N–H and O–H groups in total. The fraction of sp³-hybridized carbons (Fsp3) is 0.0714. The summed E-state index contributed by atoms with van der Waals surface area (Å²) in [4.78, 5) is 11.9. The zero-order valence-electron chi connectivity index (χ0n) is 9.89. The van der Waals surface area contributed by atoms with Crippen LogP contribution in [0.4, 0.5) is 17.6 Å². The monoisotopic (exact) mass is 346 g/mol. The third-order valence-corrected chi connectivity index (χ3v) is 3.29. The molecule has 6 heteroatoms. The normalized spacial score (nSPS) is 10.7. The Labute approximate surface area is 120 Å². The summed E-state index contributed by atoms with van der Waals surface area (Å²) in [7, 11) is 0. The van der Waals surface area contributed by atoms with Crippen molar-refractivity contribution in [1.82, 2.24) is 0 Å². The second kappa shape index (κ2) is 5.75. The van der Waals surface area contributed by atoms with Gasteiger partial charge >= 0.3 is 0 Å². The lowest BCUT2D eigenvalue weighted by Crippen LogP contribution is -2.08. The van der Waals surface area contributed by atoms with Crippen LogP contribution in [0.25, 0.3) is 0 Å². The van der Waals surface area contributed by atoms with Crippen LogP contribution in [0.3, 0.4) is 0 Å². The number of benzene rings is 2. The number of ketones is 1. The molecule has 0 radical (unpaired) electrons. The Morgan fingerprint density at radius 2 is 1.60 bits per heavy atom. The molecule has 104 valence electrons. The highest BCUT2D eigenvalue weighted by molar-refractivity contribution is 9.10. The van der Waals surface area contributed by atoms with Crippen LogP contribution in [0, 0.1) is 23.3 Å². The average Bonchev–Trinajstić information content (AvgIpc) is 2.40. The highest BCUT2D eigenvalue weighted by atomic mass is 79.9. The first-order valence-corrected chi connectivity index (χ1v) is 6.30. The lowest BCUT2D eigenvalue weighted by Gasteiger charge is -2.05. The lowest BCUT2D eigenvalue weighted by atomic mass is 10.0. The van der Waals surface area contributed by atoms with Crippen molar-refractivity contribution in [1.29, 1.82) is 0 Å². The van der Waals surface area contributed by atoms with Crippen molar-refractivity contribution >= 4 is 21.7 Å². The summed E-state index contributed by atoms with van der Waals surface area (Å²) in [6.45, 7) is 0. The van der Waals surface area contributed by atoms with Gasteiger partial charge in [-0.2, -0.15) is 0 Å². The quantitative estimate of drug-likeness (QED) is 0.456. The minimum absolute atomic E-state index is 0.161. The van der Waals surface area contributed by atoms with Crippen molar-refractivity contribution in [3.63, 3.8) is 0 Å². The molecule has 0 atom stereocenters. The van der Waals surface area contributed by atoms with Crippen molar-refractivity contribution in [3.8, 4) is 0 Å². The van der Waals surface area contributed by atoms with Crippen LogP contribution >= 0.6 is 15.9 Å². The number of hydrogen-bond donors (Lipinski definition) is 0. The zero-order valence-corrected chi connectivity index (χ0v) is 11.5. The van der Waals surface area contributed by atoms with E-state index in [2.05, 4.69) is 15.9 Å². The number of halogens is 5. The average molecular weight is 347 g/mol. The lowest BCUT2D eigenvalue weighted by molar-refractivity contribution is 0.0988. The summed E-state index contributed by atoms with van der Waals surface area (Å²) >= 11 is 2.96. The number of rotatable bonds is 3. The SMILES string of the molecule is O=C(Cc1ccc(F)c(Br)c1)c1ccc(F)c(F)c1F. The molecule has 2 rings (SSSR count). The Bertz CT molecular complexity index is 685. The largest absolute Gasteiger partial charge is 0.294 e. The molecule has 1 nitrogen and oxygen atoms in total. The Hall–Kier alpha value is -1.69. The molecule has 20 heavy (non-hydrogen) atoms. The van der Waals surface area contributed by atoms with Crippen LogP contribution in [0.2, 0.25) is 0 Å². The van der Waals surface area contributed by atoms with E-state index in [1.54, 1.807) is 0 Å². The van der Waals surface area contributed by atoms with Crippen LogP contribution < -0.4 is 0 Å². The van der Waals surface area contributed by atoms with Gasteiger partial charge in [-0.1, -0.05) is 6.07 Å². The number of hydrogen-bond acceptors (Lipinski definition) is 1. The van der Waals surface area contributed by atoms with E-state index in [1.165, 1.54) is 12.1 Å². The van der Waals surface area contributed by atoms with Gasteiger partial charge in [-0.25, -0.2) is 17.6 Å². The third kappa shape index (κ3) is 2.90. The number of Topliss-reactive ketones (excluding diaryl/α,β-unsaturated/α-hetero) is 1. The summed E-state index contributed by atoms with van der Waals surface area (Å²) in [6, 6.07) is 5.44. The molecule has 0 saturated heterocycles. The number of carbonyl (C=O) groups excluding carboxylic acids is 1. The first-order valence-electron chi connectivity index (χ1n) is 5.50. The van der Waals surface area contributed by atoms with Crippen LogP contribution in [-0.4, -0.2) is 5.78 Å². The molecule has 0 aliphatic rings. The van der Waals surface area contributed by atoms with Gasteiger partial charge < -0.3 is 0 Å². The fourth-order valence-electron chi connectivity index (χ4n) is 1.67. The summed E-state index contributed by atoms with van der Waals surface area (Å²) in [6.07, 6.45) is -0.249. The van der Waals surface area contributed by atoms with E-state index in [0.717, 1.165) is 12.1 Å². The van der Waals surface area contributed by atoms with Gasteiger partial charge in [0, 0.05) is 6.42 Å². The van der Waals surface area contributed by atoms with Crippen LogP contribution in [0.5, 0.6) is 0 Å². The molecule has 0 fully saturated rings. The van der Waals surface area contributed by atoms with E-state index in [1.807, 2.05) is 0 Å². The van der Waals surface area contributed by atoms with Gasteiger partial charge in [-0.3, -0.25) is 4.79 Å². The van der Waals surface area contributed by atoms with E-state index >= 15 is 0 Å². The van der Waals surface area contributed by atoms with Gasteiger partial charge in [0.2, 0.25) is 0 Å². The van der Waals surface area contributed by atoms with Gasteiger partial charge in [-0.05, 0) is 45.8 Å². The summed E-state index contributed by atoms with van der Waals surface area (Å²) < 4.78 is 52.5. The molecular formula is C14H7BrF4O. The van der Waals surface area contributed by atoms with Gasteiger partial charge in [0.25, 0.3) is 0 Å². The van der Waals surface area contributed by atoms with Crippen molar-refractivity contribution < 1.29 is 22.4 Å². The minimum atomic E-state index is -1.68. The van der Waals surface area contributed by atoms with Crippen molar-refractivity contribution in [2.75, 3.05) is 0 Å². The van der Waals surface area contributed by atoms with Gasteiger partial charge in [0.1, 0.15) is 5.82 Å². The molecule has 2 aromatic rings. The zero-order chi connectivity index (χ0) is 14.9. The highest BCUT2D eigenvalue weighted by Crippen LogP contribution is 2.20. The van der Waals surface area contributed by atoms with Gasteiger partial charge in [0.05, 0.1) is 10.0 Å². The molecular weight excluding hydrogens is 340 g/mol. The topological polar surface area (TPSA) is 17.1 Å². The predicted octanol–water partition coefficient (Wildman–Crippen LogP) is 4.43. The minimum Gasteiger partial charge on any atom is -0.294 e. The molecule has 0 aliphatic carbocycles. The van der Waals surface area contributed by atoms with E-state index in [4.69, 9.17) is 0 Å². The van der Waals surface area contributed by atoms with E-state index in [-0.39, 0.29) is 10.9 Å². The Balaban J connectivity index is 2.28. The van der Waals surface area contributed by atoms with Crippen LogP contribution in [0.1, 0.15) is 15.9 Å². The van der Waals surface area contributed by atoms with E-state index < -0.39 is 34.6 Å². The second-order valence-electron chi connectivity index (χ2n) is 4.07. The van der Waals surface area contributed by atoms with Crippen molar-refractivity contribution in [3.05, 3.63) is 69.2 Å². The van der Waals surface area contributed by atoms with Gasteiger partial charge in [-0.15, -0.1) is 0 Å². The van der Waals surface area contributed by atoms with Crippen LogP contribution in [-0.2, 0) is 6.42 Å². The molecule has 0 aliphatic heterocycles. The molecule has 0 unspecified atom stereocenters.